The number of aryl methyl sites for hydroxylation is 2. The van der Waals surface area contributed by atoms with Gasteiger partial charge in [-0.25, -0.2) is 0 Å². The van der Waals surface area contributed by atoms with E-state index in [1.54, 1.807) is 0 Å². The van der Waals surface area contributed by atoms with Crippen LogP contribution in [0.3, 0.4) is 0 Å². The molecule has 0 unspecified atom stereocenters. The van der Waals surface area contributed by atoms with Crippen molar-refractivity contribution in [2.24, 2.45) is 0 Å². The van der Waals surface area contributed by atoms with Crippen molar-refractivity contribution < 1.29 is 0 Å². The van der Waals surface area contributed by atoms with E-state index in [9.17, 15) is 0 Å². The average molecular weight is 679 g/mol. The van der Waals surface area contributed by atoms with E-state index in [2.05, 4.69) is 212 Å². The Balaban J connectivity index is 1.25. The van der Waals surface area contributed by atoms with Crippen LogP contribution in [0, 0.1) is 13.8 Å². The first-order chi connectivity index (χ1) is 26.1. The molecule has 0 spiro atoms. The van der Waals surface area contributed by atoms with Gasteiger partial charge in [0.2, 0.25) is 0 Å². The number of hydrogen-bond acceptors (Lipinski definition) is 1. The summed E-state index contributed by atoms with van der Waals surface area (Å²) in [4.78, 5) is 6.16. The van der Waals surface area contributed by atoms with Gasteiger partial charge in [0.15, 0.2) is 0 Å². The van der Waals surface area contributed by atoms with Crippen LogP contribution in [-0.2, 0) is 5.41 Å². The third kappa shape index (κ3) is 4.87. The molecule has 0 saturated heterocycles. The molecule has 1 aliphatic rings. The molecule has 0 atom stereocenters. The molecule has 53 heavy (non-hydrogen) atoms. The molecular formula is C51H38N2. The summed E-state index contributed by atoms with van der Waals surface area (Å²) in [6, 6.07) is 69.5. The summed E-state index contributed by atoms with van der Waals surface area (Å²) in [6.07, 6.45) is 0. The van der Waals surface area contributed by atoms with E-state index >= 15 is 0 Å². The molecule has 2 heteroatoms. The van der Waals surface area contributed by atoms with Gasteiger partial charge in [0.05, 0.1) is 10.9 Å². The first-order valence-electron chi connectivity index (χ1n) is 18.4. The number of nitrogens with one attached hydrogen (secondary N) is 1. The molecular weight excluding hydrogens is 641 g/mol. The molecule has 0 bridgehead atoms. The fraction of sp³-hybridized carbons (Fsp3) is 0.0588. The van der Waals surface area contributed by atoms with Gasteiger partial charge in [0, 0.05) is 38.9 Å². The maximum absolute atomic E-state index is 3.77. The zero-order valence-electron chi connectivity index (χ0n) is 29.8. The van der Waals surface area contributed by atoms with Gasteiger partial charge in [-0.3, -0.25) is 0 Å². The number of benzene rings is 8. The van der Waals surface area contributed by atoms with E-state index in [4.69, 9.17) is 0 Å². The highest BCUT2D eigenvalue weighted by atomic mass is 15.1. The van der Waals surface area contributed by atoms with Gasteiger partial charge < -0.3 is 9.88 Å². The minimum Gasteiger partial charge on any atom is -0.354 e. The molecule has 1 N–H and O–H groups in total. The topological polar surface area (TPSA) is 19.0 Å². The fourth-order valence-corrected chi connectivity index (χ4v) is 8.73. The maximum atomic E-state index is 3.77. The van der Waals surface area contributed by atoms with Gasteiger partial charge in [-0.15, -0.1) is 0 Å². The van der Waals surface area contributed by atoms with Gasteiger partial charge in [0.25, 0.3) is 0 Å². The summed E-state index contributed by atoms with van der Waals surface area (Å²) in [7, 11) is 0. The number of hydrogen-bond donors (Lipinski definition) is 1. The van der Waals surface area contributed by atoms with Crippen molar-refractivity contribution in [2.45, 2.75) is 19.3 Å². The summed E-state index contributed by atoms with van der Waals surface area (Å²) >= 11 is 0. The first kappa shape index (κ1) is 31.1. The van der Waals surface area contributed by atoms with Crippen LogP contribution in [0.15, 0.2) is 188 Å². The molecule has 0 radical (unpaired) electrons. The van der Waals surface area contributed by atoms with E-state index in [1.165, 1.54) is 71.9 Å². The summed E-state index contributed by atoms with van der Waals surface area (Å²) in [5.74, 6) is 0. The van der Waals surface area contributed by atoms with Crippen molar-refractivity contribution in [1.29, 1.82) is 0 Å². The van der Waals surface area contributed by atoms with Crippen LogP contribution in [0.4, 0.5) is 17.1 Å². The third-order valence-corrected chi connectivity index (χ3v) is 11.2. The van der Waals surface area contributed by atoms with Crippen LogP contribution in [0.1, 0.15) is 33.4 Å². The molecule has 252 valence electrons. The van der Waals surface area contributed by atoms with Gasteiger partial charge in [-0.05, 0) is 101 Å². The Hall–Kier alpha value is -6.64. The highest BCUT2D eigenvalue weighted by Gasteiger charge is 2.46. The Kier molecular flexibility index (Phi) is 7.19. The summed E-state index contributed by atoms with van der Waals surface area (Å²) in [5.41, 5.74) is 17.7. The Morgan fingerprint density at radius 2 is 0.943 bits per heavy atom. The van der Waals surface area contributed by atoms with E-state index in [-0.39, 0.29) is 0 Å². The molecule has 1 heterocycles. The molecule has 10 rings (SSSR count). The van der Waals surface area contributed by atoms with Crippen LogP contribution in [0.5, 0.6) is 0 Å². The number of H-pyrrole nitrogens is 1. The van der Waals surface area contributed by atoms with Gasteiger partial charge in [-0.1, -0.05) is 151 Å². The van der Waals surface area contributed by atoms with Crippen molar-refractivity contribution in [2.75, 3.05) is 4.90 Å². The van der Waals surface area contributed by atoms with Gasteiger partial charge in [0.1, 0.15) is 0 Å². The maximum Gasteiger partial charge on any atom is 0.0714 e. The van der Waals surface area contributed by atoms with Crippen molar-refractivity contribution in [1.82, 2.24) is 4.98 Å². The van der Waals surface area contributed by atoms with E-state index in [0.717, 1.165) is 22.6 Å². The standard InChI is InChI=1S/C51H38N2/c1-34-20-25-39(26-21-34)53(40-27-22-35(2)23-28-40)41-29-31-44-43-30-24-36(42-17-11-18-46-45-16-9-10-19-49(45)52-50(42)46)32-47(43)51(48(44)33-41,37-12-5-3-6-13-37)38-14-7-4-8-15-38/h3-33,52H,1-2H3. The van der Waals surface area contributed by atoms with E-state index < -0.39 is 5.41 Å². The Morgan fingerprint density at radius 3 is 1.58 bits per heavy atom. The van der Waals surface area contributed by atoms with Crippen LogP contribution >= 0.6 is 0 Å². The van der Waals surface area contributed by atoms with Crippen molar-refractivity contribution >= 4 is 38.9 Å². The highest BCUT2D eigenvalue weighted by Crippen LogP contribution is 2.58. The number of rotatable bonds is 6. The van der Waals surface area contributed by atoms with Crippen molar-refractivity contribution in [3.05, 3.63) is 221 Å². The zero-order chi connectivity index (χ0) is 35.5. The summed E-state index contributed by atoms with van der Waals surface area (Å²) in [6.45, 7) is 4.29. The van der Waals surface area contributed by atoms with Crippen molar-refractivity contribution in [3.63, 3.8) is 0 Å². The molecule has 0 fully saturated rings. The van der Waals surface area contributed by atoms with Crippen LogP contribution < -0.4 is 4.90 Å². The van der Waals surface area contributed by atoms with E-state index in [1.807, 2.05) is 0 Å². The lowest BCUT2D eigenvalue weighted by molar-refractivity contribution is 0.768. The number of fused-ring (bicyclic) bond motifs is 6. The molecule has 0 aliphatic heterocycles. The lowest BCUT2D eigenvalue weighted by atomic mass is 9.67. The number of para-hydroxylation sites is 2. The molecule has 8 aromatic carbocycles. The predicted octanol–water partition coefficient (Wildman–Crippen LogP) is 13.4. The highest BCUT2D eigenvalue weighted by molar-refractivity contribution is 6.12. The molecule has 2 nitrogen and oxygen atoms in total. The zero-order valence-corrected chi connectivity index (χ0v) is 29.8. The first-order valence-corrected chi connectivity index (χ1v) is 18.4. The smallest absolute Gasteiger partial charge is 0.0714 e. The van der Waals surface area contributed by atoms with E-state index in [0.29, 0.717) is 0 Å². The number of aromatic nitrogens is 1. The predicted molar refractivity (Wildman–Crippen MR) is 223 cm³/mol. The Bertz CT molecular complexity index is 2690. The Morgan fingerprint density at radius 1 is 0.415 bits per heavy atom. The lowest BCUT2D eigenvalue weighted by Crippen LogP contribution is -2.28. The summed E-state index contributed by atoms with van der Waals surface area (Å²) in [5, 5.41) is 2.50. The van der Waals surface area contributed by atoms with Crippen LogP contribution in [0.25, 0.3) is 44.1 Å². The fourth-order valence-electron chi connectivity index (χ4n) is 8.73. The van der Waals surface area contributed by atoms with Gasteiger partial charge in [-0.2, -0.15) is 0 Å². The average Bonchev–Trinajstić information content (AvgIpc) is 3.73. The second kappa shape index (κ2) is 12.3. The number of anilines is 3. The monoisotopic (exact) mass is 678 g/mol. The normalized spacial score (nSPS) is 12.9. The largest absolute Gasteiger partial charge is 0.354 e. The SMILES string of the molecule is Cc1ccc(N(c2ccc(C)cc2)c2ccc3c(c2)C(c2ccccc2)(c2ccccc2)c2cc(-c4cccc5c4[nH]c4ccccc45)ccc2-3)cc1. The molecule has 0 saturated carbocycles. The molecule has 9 aromatic rings. The minimum absolute atomic E-state index is 0.556. The second-order valence-electron chi connectivity index (χ2n) is 14.4. The molecule has 0 amide bonds. The molecule has 1 aromatic heterocycles. The summed E-state index contributed by atoms with van der Waals surface area (Å²) < 4.78 is 0. The minimum atomic E-state index is -0.556. The quantitative estimate of drug-likeness (QED) is 0.185. The van der Waals surface area contributed by atoms with Crippen molar-refractivity contribution in [3.8, 4) is 22.3 Å². The van der Waals surface area contributed by atoms with Crippen LogP contribution in [0.2, 0.25) is 0 Å². The number of nitrogens with zero attached hydrogens (tertiary/aromatic N) is 1. The Labute approximate surface area is 310 Å². The third-order valence-electron chi connectivity index (χ3n) is 11.2. The van der Waals surface area contributed by atoms with Crippen LogP contribution in [-0.4, -0.2) is 4.98 Å². The number of aromatic amines is 1. The van der Waals surface area contributed by atoms with Gasteiger partial charge >= 0.3 is 0 Å². The molecule has 1 aliphatic carbocycles. The lowest BCUT2D eigenvalue weighted by Gasteiger charge is -2.35. The second-order valence-corrected chi connectivity index (χ2v) is 14.4.